The zero-order valence-electron chi connectivity index (χ0n) is 10.6. The first-order valence-electron chi connectivity index (χ1n) is 5.88. The second kappa shape index (κ2) is 6.40. The van der Waals surface area contributed by atoms with Crippen LogP contribution >= 0.6 is 0 Å². The molecule has 0 bridgehead atoms. The Morgan fingerprint density at radius 1 is 1.32 bits per heavy atom. The monoisotopic (exact) mass is 267 g/mol. The van der Waals surface area contributed by atoms with Crippen LogP contribution in [0.15, 0.2) is 30.9 Å². The lowest BCUT2D eigenvalue weighted by atomic mass is 10.2. The number of hydrogen-bond acceptors (Lipinski definition) is 3. The number of benzene rings is 1. The Balaban J connectivity index is 2.13. The molecule has 102 valence electrons. The van der Waals surface area contributed by atoms with E-state index in [0.29, 0.717) is 25.3 Å². The van der Waals surface area contributed by atoms with Crippen molar-refractivity contribution >= 4 is 0 Å². The lowest BCUT2D eigenvalue weighted by molar-refractivity contribution is 0.199. The summed E-state index contributed by atoms with van der Waals surface area (Å²) >= 11 is 0. The fourth-order valence-electron chi connectivity index (χ4n) is 1.77. The summed E-state index contributed by atoms with van der Waals surface area (Å²) < 4.78 is 34.0. The largest absolute Gasteiger partial charge is 0.383 e. The Kier molecular flexibility index (Phi) is 4.59. The predicted octanol–water partition coefficient (Wildman–Crippen LogP) is 1.89. The highest BCUT2D eigenvalue weighted by atomic mass is 19.1. The molecule has 1 N–H and O–H groups in total. The van der Waals surface area contributed by atoms with Gasteiger partial charge >= 0.3 is 0 Å². The Labute approximate surface area is 110 Å². The van der Waals surface area contributed by atoms with E-state index in [0.717, 1.165) is 0 Å². The Morgan fingerprint density at radius 3 is 2.63 bits per heavy atom. The molecule has 0 aliphatic rings. The summed E-state index contributed by atoms with van der Waals surface area (Å²) in [7, 11) is 1.60. The summed E-state index contributed by atoms with van der Waals surface area (Å²) in [6.07, 6.45) is 4.33. The van der Waals surface area contributed by atoms with E-state index >= 15 is 0 Å². The van der Waals surface area contributed by atoms with Gasteiger partial charge in [-0.05, 0) is 17.7 Å². The topological polar surface area (TPSA) is 39.1 Å². The molecule has 0 atom stereocenters. The summed E-state index contributed by atoms with van der Waals surface area (Å²) in [5.74, 6) is -1.22. The number of ether oxygens (including phenoxy) is 1. The van der Waals surface area contributed by atoms with Crippen molar-refractivity contribution in [2.45, 2.75) is 6.54 Å². The molecule has 0 amide bonds. The molecule has 6 heteroatoms. The van der Waals surface area contributed by atoms with E-state index in [1.807, 2.05) is 0 Å². The van der Waals surface area contributed by atoms with Crippen molar-refractivity contribution in [1.29, 1.82) is 0 Å². The van der Waals surface area contributed by atoms with Crippen LogP contribution < -0.4 is 5.32 Å². The van der Waals surface area contributed by atoms with E-state index in [1.165, 1.54) is 35.4 Å². The van der Waals surface area contributed by atoms with Crippen LogP contribution in [0.5, 0.6) is 0 Å². The first-order chi connectivity index (χ1) is 9.22. The molecule has 4 nitrogen and oxygen atoms in total. The minimum Gasteiger partial charge on any atom is -0.383 e. The van der Waals surface area contributed by atoms with Crippen LogP contribution in [-0.2, 0) is 11.3 Å². The maximum atomic E-state index is 13.9. The molecule has 0 radical (unpaired) electrons. The summed E-state index contributed by atoms with van der Waals surface area (Å²) in [5.41, 5.74) is 0.438. The number of imidazole rings is 1. The number of methoxy groups -OCH3 is 1. The van der Waals surface area contributed by atoms with Gasteiger partial charge in [-0.3, -0.25) is 0 Å². The summed E-state index contributed by atoms with van der Waals surface area (Å²) in [4.78, 5) is 3.78. The van der Waals surface area contributed by atoms with Crippen LogP contribution in [0.25, 0.3) is 5.69 Å². The quantitative estimate of drug-likeness (QED) is 0.812. The molecule has 19 heavy (non-hydrogen) atoms. The number of hydrogen-bond donors (Lipinski definition) is 1. The molecule has 2 aromatic rings. The van der Waals surface area contributed by atoms with E-state index in [9.17, 15) is 8.78 Å². The first kappa shape index (κ1) is 13.6. The predicted molar refractivity (Wildman–Crippen MR) is 67.1 cm³/mol. The summed E-state index contributed by atoms with van der Waals surface area (Å²) in [5, 5.41) is 3.03. The van der Waals surface area contributed by atoms with E-state index in [1.54, 1.807) is 7.11 Å². The molecule has 0 aliphatic heterocycles. The van der Waals surface area contributed by atoms with Gasteiger partial charge in [0, 0.05) is 32.6 Å². The highest BCUT2D eigenvalue weighted by molar-refractivity contribution is 5.38. The maximum absolute atomic E-state index is 13.9. The highest BCUT2D eigenvalue weighted by Crippen LogP contribution is 2.19. The second-order valence-electron chi connectivity index (χ2n) is 4.05. The van der Waals surface area contributed by atoms with Crippen molar-refractivity contribution in [2.75, 3.05) is 20.3 Å². The lowest BCUT2D eigenvalue weighted by Gasteiger charge is -2.09. The van der Waals surface area contributed by atoms with E-state index < -0.39 is 11.6 Å². The minimum absolute atomic E-state index is 0.113. The third kappa shape index (κ3) is 3.36. The Bertz CT molecular complexity index is 506. The molecule has 0 saturated heterocycles. The fourth-order valence-corrected chi connectivity index (χ4v) is 1.77. The van der Waals surface area contributed by atoms with Gasteiger partial charge in [0.1, 0.15) is 5.69 Å². The first-order valence-corrected chi connectivity index (χ1v) is 5.88. The van der Waals surface area contributed by atoms with Gasteiger partial charge in [0.2, 0.25) is 0 Å². The van der Waals surface area contributed by atoms with Crippen molar-refractivity contribution in [3.05, 3.63) is 48.1 Å². The second-order valence-corrected chi connectivity index (χ2v) is 4.05. The Morgan fingerprint density at radius 2 is 2.05 bits per heavy atom. The van der Waals surface area contributed by atoms with Crippen molar-refractivity contribution < 1.29 is 13.5 Å². The molecule has 1 heterocycles. The molecule has 1 aromatic heterocycles. The standard InChI is InChI=1S/C13H15F2N3O/c1-19-5-3-16-8-10-6-11(14)13(12(15)7-10)18-4-2-17-9-18/h2,4,6-7,9,16H,3,5,8H2,1H3. The lowest BCUT2D eigenvalue weighted by Crippen LogP contribution is -2.19. The fraction of sp³-hybridized carbons (Fsp3) is 0.308. The number of rotatable bonds is 6. The van der Waals surface area contributed by atoms with E-state index in [2.05, 4.69) is 10.3 Å². The zero-order chi connectivity index (χ0) is 13.7. The smallest absolute Gasteiger partial charge is 0.150 e. The summed E-state index contributed by atoms with van der Waals surface area (Å²) in [6, 6.07) is 2.64. The molecule has 0 spiro atoms. The molecule has 0 unspecified atom stereocenters. The molecule has 2 rings (SSSR count). The van der Waals surface area contributed by atoms with Crippen molar-refractivity contribution in [3.8, 4) is 5.69 Å². The maximum Gasteiger partial charge on any atom is 0.150 e. The van der Waals surface area contributed by atoms with Crippen LogP contribution in [-0.4, -0.2) is 29.8 Å². The van der Waals surface area contributed by atoms with Gasteiger partial charge in [0.05, 0.1) is 12.9 Å². The van der Waals surface area contributed by atoms with Gasteiger partial charge in [-0.15, -0.1) is 0 Å². The molecular weight excluding hydrogens is 252 g/mol. The van der Waals surface area contributed by atoms with Crippen molar-refractivity contribution in [2.24, 2.45) is 0 Å². The van der Waals surface area contributed by atoms with Crippen molar-refractivity contribution in [3.63, 3.8) is 0 Å². The van der Waals surface area contributed by atoms with Crippen LogP contribution in [0, 0.1) is 11.6 Å². The molecular formula is C13H15F2N3O. The number of nitrogens with zero attached hydrogens (tertiary/aromatic N) is 2. The van der Waals surface area contributed by atoms with Crippen LogP contribution in [0.2, 0.25) is 0 Å². The van der Waals surface area contributed by atoms with E-state index in [4.69, 9.17) is 4.74 Å². The van der Waals surface area contributed by atoms with Gasteiger partial charge in [-0.25, -0.2) is 13.8 Å². The summed E-state index contributed by atoms with van der Waals surface area (Å²) in [6.45, 7) is 1.57. The van der Waals surface area contributed by atoms with Gasteiger partial charge < -0.3 is 14.6 Å². The number of halogens is 2. The number of nitrogens with one attached hydrogen (secondary N) is 1. The SMILES string of the molecule is COCCNCc1cc(F)c(-n2ccnc2)c(F)c1. The molecule has 0 fully saturated rings. The van der Waals surface area contributed by atoms with Gasteiger partial charge in [-0.2, -0.15) is 0 Å². The molecule has 1 aromatic carbocycles. The average Bonchev–Trinajstić information content (AvgIpc) is 2.87. The van der Waals surface area contributed by atoms with Crippen LogP contribution in [0.3, 0.4) is 0 Å². The van der Waals surface area contributed by atoms with E-state index in [-0.39, 0.29) is 5.69 Å². The minimum atomic E-state index is -0.610. The zero-order valence-corrected chi connectivity index (χ0v) is 10.6. The third-order valence-corrected chi connectivity index (χ3v) is 2.65. The average molecular weight is 267 g/mol. The van der Waals surface area contributed by atoms with Crippen LogP contribution in [0.1, 0.15) is 5.56 Å². The molecule has 0 saturated carbocycles. The van der Waals surface area contributed by atoms with Crippen LogP contribution in [0.4, 0.5) is 8.78 Å². The third-order valence-electron chi connectivity index (χ3n) is 2.65. The molecule has 0 aliphatic carbocycles. The number of aromatic nitrogens is 2. The Hall–Kier alpha value is -1.79. The highest BCUT2D eigenvalue weighted by Gasteiger charge is 2.12. The van der Waals surface area contributed by atoms with Gasteiger partial charge in [0.15, 0.2) is 11.6 Å². The van der Waals surface area contributed by atoms with Crippen molar-refractivity contribution in [1.82, 2.24) is 14.9 Å². The van der Waals surface area contributed by atoms with Gasteiger partial charge in [-0.1, -0.05) is 0 Å². The van der Waals surface area contributed by atoms with Gasteiger partial charge in [0.25, 0.3) is 0 Å². The normalized spacial score (nSPS) is 10.9.